The summed E-state index contributed by atoms with van der Waals surface area (Å²) in [6, 6.07) is 9.06. The molecule has 0 amide bonds. The van der Waals surface area contributed by atoms with E-state index in [0.717, 1.165) is 18.7 Å². The fourth-order valence-corrected chi connectivity index (χ4v) is 2.58. The minimum Gasteiger partial charge on any atom is -0.308 e. The molecule has 0 saturated carbocycles. The van der Waals surface area contributed by atoms with Gasteiger partial charge in [-0.3, -0.25) is 4.68 Å². The van der Waals surface area contributed by atoms with Gasteiger partial charge in [-0.05, 0) is 30.7 Å². The Kier molecular flexibility index (Phi) is 4.57. The highest BCUT2D eigenvalue weighted by Gasteiger charge is 2.09. The lowest BCUT2D eigenvalue weighted by atomic mass is 10.1. The Balaban J connectivity index is 1.90. The van der Waals surface area contributed by atoms with Crippen molar-refractivity contribution in [2.24, 2.45) is 0 Å². The number of nitrogens with one attached hydrogen (secondary N) is 1. The zero-order valence-corrected chi connectivity index (χ0v) is 12.5. The van der Waals surface area contributed by atoms with Crippen LogP contribution in [0, 0.1) is 0 Å². The molecule has 1 heterocycles. The molecule has 0 aliphatic rings. The van der Waals surface area contributed by atoms with Crippen molar-refractivity contribution in [1.29, 1.82) is 0 Å². The molecule has 0 bridgehead atoms. The fraction of sp³-hybridized carbons (Fsp3) is 0.357. The van der Waals surface area contributed by atoms with E-state index in [2.05, 4.69) is 17.3 Å². The lowest BCUT2D eigenvalue weighted by Gasteiger charge is -2.14. The van der Waals surface area contributed by atoms with Crippen LogP contribution in [0.25, 0.3) is 0 Å². The van der Waals surface area contributed by atoms with Crippen molar-refractivity contribution in [3.63, 3.8) is 0 Å². The molecule has 0 aliphatic carbocycles. The van der Waals surface area contributed by atoms with E-state index in [1.807, 2.05) is 29.1 Å². The number of benzene rings is 1. The minimum absolute atomic E-state index is 0.166. The monoisotopic (exact) mass is 293 g/mol. The topological polar surface area (TPSA) is 64.0 Å². The molecule has 0 spiro atoms. The first kappa shape index (κ1) is 14.7. The lowest BCUT2D eigenvalue weighted by molar-refractivity contribution is 0.507. The number of hydrogen-bond donors (Lipinski definition) is 1. The molecule has 20 heavy (non-hydrogen) atoms. The Morgan fingerprint density at radius 2 is 2.00 bits per heavy atom. The molecule has 1 aromatic carbocycles. The standard InChI is InChI=1S/C14H19N3O2S/c1-12(15-9-11-17-10-3-8-16-17)13-4-6-14(7-5-13)20(2,18)19/h3-8,10,12,15H,9,11H2,1-2H3. The van der Waals surface area contributed by atoms with E-state index >= 15 is 0 Å². The van der Waals surface area contributed by atoms with E-state index in [1.165, 1.54) is 6.26 Å². The van der Waals surface area contributed by atoms with Gasteiger partial charge in [-0.15, -0.1) is 0 Å². The van der Waals surface area contributed by atoms with Crippen LogP contribution in [-0.2, 0) is 16.4 Å². The van der Waals surface area contributed by atoms with Crippen molar-refractivity contribution in [2.45, 2.75) is 24.4 Å². The second kappa shape index (κ2) is 6.19. The summed E-state index contributed by atoms with van der Waals surface area (Å²) in [6.07, 6.45) is 4.90. The van der Waals surface area contributed by atoms with Crippen molar-refractivity contribution in [3.05, 3.63) is 48.3 Å². The zero-order chi connectivity index (χ0) is 14.6. The quantitative estimate of drug-likeness (QED) is 0.879. The van der Waals surface area contributed by atoms with Gasteiger partial charge in [0.15, 0.2) is 9.84 Å². The maximum absolute atomic E-state index is 11.4. The van der Waals surface area contributed by atoms with Gasteiger partial charge >= 0.3 is 0 Å². The van der Waals surface area contributed by atoms with Gasteiger partial charge in [-0.1, -0.05) is 12.1 Å². The van der Waals surface area contributed by atoms with Crippen molar-refractivity contribution < 1.29 is 8.42 Å². The first-order valence-corrected chi connectivity index (χ1v) is 8.37. The van der Waals surface area contributed by atoms with Crippen LogP contribution in [0.1, 0.15) is 18.5 Å². The molecule has 1 aromatic heterocycles. The SMILES string of the molecule is CC(NCCn1cccn1)c1ccc(S(C)(=O)=O)cc1. The Morgan fingerprint density at radius 3 is 2.55 bits per heavy atom. The van der Waals surface area contributed by atoms with Gasteiger partial charge in [0, 0.05) is 31.2 Å². The molecule has 6 heteroatoms. The first-order valence-electron chi connectivity index (χ1n) is 6.47. The van der Waals surface area contributed by atoms with Gasteiger partial charge in [-0.2, -0.15) is 5.10 Å². The summed E-state index contributed by atoms with van der Waals surface area (Å²) in [6.45, 7) is 3.66. The Bertz CT molecular complexity index is 634. The normalized spacial score (nSPS) is 13.3. The van der Waals surface area contributed by atoms with Crippen LogP contribution in [0.3, 0.4) is 0 Å². The third-order valence-electron chi connectivity index (χ3n) is 3.16. The molecule has 1 atom stereocenters. The summed E-state index contributed by atoms with van der Waals surface area (Å²) in [7, 11) is -3.12. The van der Waals surface area contributed by atoms with Gasteiger partial charge in [0.05, 0.1) is 11.4 Å². The zero-order valence-electron chi connectivity index (χ0n) is 11.7. The third kappa shape index (κ3) is 3.91. The Morgan fingerprint density at radius 1 is 1.30 bits per heavy atom. The molecule has 0 fully saturated rings. The van der Waals surface area contributed by atoms with Crippen molar-refractivity contribution in [1.82, 2.24) is 15.1 Å². The van der Waals surface area contributed by atoms with Crippen LogP contribution in [0.15, 0.2) is 47.6 Å². The van der Waals surface area contributed by atoms with Crippen molar-refractivity contribution in [3.8, 4) is 0 Å². The highest BCUT2D eigenvalue weighted by Crippen LogP contribution is 2.15. The molecule has 0 aliphatic heterocycles. The number of aromatic nitrogens is 2. The molecular formula is C14H19N3O2S. The van der Waals surface area contributed by atoms with Gasteiger partial charge in [0.25, 0.3) is 0 Å². The molecule has 0 saturated heterocycles. The average molecular weight is 293 g/mol. The predicted molar refractivity (Wildman–Crippen MR) is 78.2 cm³/mol. The second-order valence-corrected chi connectivity index (χ2v) is 6.80. The summed E-state index contributed by atoms with van der Waals surface area (Å²) in [4.78, 5) is 0.352. The number of nitrogens with zero attached hydrogens (tertiary/aromatic N) is 2. The van der Waals surface area contributed by atoms with E-state index in [9.17, 15) is 8.42 Å². The fourth-order valence-electron chi connectivity index (χ4n) is 1.95. The Hall–Kier alpha value is -1.66. The number of sulfone groups is 1. The van der Waals surface area contributed by atoms with Gasteiger partial charge < -0.3 is 5.32 Å². The number of rotatable bonds is 6. The van der Waals surface area contributed by atoms with Gasteiger partial charge in [0.1, 0.15) is 0 Å². The average Bonchev–Trinajstić information content (AvgIpc) is 2.91. The molecule has 2 aromatic rings. The summed E-state index contributed by atoms with van der Waals surface area (Å²) in [5, 5.41) is 7.52. The molecule has 5 nitrogen and oxygen atoms in total. The molecule has 1 unspecified atom stereocenters. The molecule has 1 N–H and O–H groups in total. The molecule has 108 valence electrons. The summed E-state index contributed by atoms with van der Waals surface area (Å²) in [5.74, 6) is 0. The van der Waals surface area contributed by atoms with Crippen molar-refractivity contribution in [2.75, 3.05) is 12.8 Å². The highest BCUT2D eigenvalue weighted by atomic mass is 32.2. The van der Waals surface area contributed by atoms with E-state index in [4.69, 9.17) is 0 Å². The maximum Gasteiger partial charge on any atom is 0.175 e. The van der Waals surface area contributed by atoms with Gasteiger partial charge in [-0.25, -0.2) is 8.42 Å². The van der Waals surface area contributed by atoms with Crippen LogP contribution in [0.2, 0.25) is 0 Å². The second-order valence-electron chi connectivity index (χ2n) is 4.79. The van der Waals surface area contributed by atoms with E-state index < -0.39 is 9.84 Å². The molecule has 0 radical (unpaired) electrons. The lowest BCUT2D eigenvalue weighted by Crippen LogP contribution is -2.23. The van der Waals surface area contributed by atoms with Crippen LogP contribution in [0.4, 0.5) is 0 Å². The maximum atomic E-state index is 11.4. The Labute approximate surface area is 119 Å². The first-order chi connectivity index (χ1) is 9.47. The van der Waals surface area contributed by atoms with Crippen LogP contribution in [0.5, 0.6) is 0 Å². The van der Waals surface area contributed by atoms with Crippen molar-refractivity contribution >= 4 is 9.84 Å². The van der Waals surface area contributed by atoms with E-state index in [0.29, 0.717) is 4.90 Å². The van der Waals surface area contributed by atoms with E-state index in [-0.39, 0.29) is 6.04 Å². The summed E-state index contributed by atoms with van der Waals surface area (Å²) >= 11 is 0. The smallest absolute Gasteiger partial charge is 0.175 e. The predicted octanol–water partition coefficient (Wildman–Crippen LogP) is 1.64. The summed E-state index contributed by atoms with van der Waals surface area (Å²) in [5.41, 5.74) is 1.07. The third-order valence-corrected chi connectivity index (χ3v) is 4.29. The summed E-state index contributed by atoms with van der Waals surface area (Å²) < 4.78 is 24.7. The highest BCUT2D eigenvalue weighted by molar-refractivity contribution is 7.90. The van der Waals surface area contributed by atoms with Crippen LogP contribution < -0.4 is 5.32 Å². The van der Waals surface area contributed by atoms with E-state index in [1.54, 1.807) is 18.3 Å². The minimum atomic E-state index is -3.12. The number of hydrogen-bond acceptors (Lipinski definition) is 4. The molecular weight excluding hydrogens is 274 g/mol. The molecule has 2 rings (SSSR count). The van der Waals surface area contributed by atoms with Crippen LogP contribution >= 0.6 is 0 Å². The largest absolute Gasteiger partial charge is 0.308 e. The van der Waals surface area contributed by atoms with Crippen LogP contribution in [-0.4, -0.2) is 31.0 Å². The van der Waals surface area contributed by atoms with Gasteiger partial charge in [0.2, 0.25) is 0 Å².